The number of benzene rings is 4. The summed E-state index contributed by atoms with van der Waals surface area (Å²) in [5.74, 6) is -0.770. The third kappa shape index (κ3) is 4.05. The molecule has 5 aromatic rings. The number of amides is 1. The number of nitrogens with zero attached hydrogens (tertiary/aromatic N) is 1. The van der Waals surface area contributed by atoms with Crippen molar-refractivity contribution in [2.24, 2.45) is 5.73 Å². The quantitative estimate of drug-likeness (QED) is 0.310. The van der Waals surface area contributed by atoms with Gasteiger partial charge in [0, 0.05) is 34.0 Å². The lowest BCUT2D eigenvalue weighted by Crippen LogP contribution is -2.11. The molecule has 4 nitrogen and oxygen atoms in total. The molecule has 174 valence electrons. The van der Waals surface area contributed by atoms with Crippen molar-refractivity contribution < 1.29 is 22.8 Å². The van der Waals surface area contributed by atoms with E-state index in [-0.39, 0.29) is 17.9 Å². The molecule has 0 radical (unpaired) electrons. The number of halogens is 3. The van der Waals surface area contributed by atoms with Gasteiger partial charge < -0.3 is 10.3 Å². The van der Waals surface area contributed by atoms with Gasteiger partial charge in [-0.3, -0.25) is 9.59 Å². The van der Waals surface area contributed by atoms with Crippen molar-refractivity contribution in [3.8, 4) is 0 Å². The number of alkyl halides is 3. The van der Waals surface area contributed by atoms with E-state index in [2.05, 4.69) is 0 Å². The number of ketones is 1. The molecule has 35 heavy (non-hydrogen) atoms. The molecule has 4 aromatic carbocycles. The lowest BCUT2D eigenvalue weighted by Gasteiger charge is -2.11. The number of primary amides is 1. The first-order chi connectivity index (χ1) is 16.7. The maximum atomic E-state index is 13.5. The van der Waals surface area contributed by atoms with Crippen LogP contribution in [0.5, 0.6) is 0 Å². The van der Waals surface area contributed by atoms with Crippen molar-refractivity contribution in [1.82, 2.24) is 4.57 Å². The Morgan fingerprint density at radius 2 is 1.46 bits per heavy atom. The van der Waals surface area contributed by atoms with E-state index in [4.69, 9.17) is 5.73 Å². The zero-order valence-electron chi connectivity index (χ0n) is 18.3. The Bertz CT molecular complexity index is 1580. The smallest absolute Gasteiger partial charge is 0.366 e. The lowest BCUT2D eigenvalue weighted by atomic mass is 10.0. The molecule has 7 heteroatoms. The van der Waals surface area contributed by atoms with Crippen molar-refractivity contribution in [3.05, 3.63) is 119 Å². The van der Waals surface area contributed by atoms with Crippen LogP contribution in [0.15, 0.2) is 91.0 Å². The van der Waals surface area contributed by atoms with Gasteiger partial charge >= 0.3 is 6.18 Å². The summed E-state index contributed by atoms with van der Waals surface area (Å²) in [4.78, 5) is 24.8. The molecule has 0 spiro atoms. The largest absolute Gasteiger partial charge is 0.416 e. The zero-order chi connectivity index (χ0) is 24.7. The molecule has 0 aliphatic heterocycles. The number of hydrogen-bond donors (Lipinski definition) is 1. The van der Waals surface area contributed by atoms with Crippen LogP contribution in [0.2, 0.25) is 0 Å². The molecular formula is C28H19F3N2O2. The Hall–Kier alpha value is -4.39. The molecule has 0 saturated carbocycles. The Morgan fingerprint density at radius 3 is 2.11 bits per heavy atom. The Balaban J connectivity index is 1.62. The second kappa shape index (κ2) is 8.43. The molecule has 0 saturated heterocycles. The fraction of sp³-hybridized carbons (Fsp3) is 0.0714. The minimum atomic E-state index is -4.51. The van der Waals surface area contributed by atoms with Gasteiger partial charge in [-0.15, -0.1) is 0 Å². The van der Waals surface area contributed by atoms with E-state index in [0.29, 0.717) is 32.9 Å². The summed E-state index contributed by atoms with van der Waals surface area (Å²) < 4.78 is 42.2. The number of carbonyl (C=O) groups is 2. The lowest BCUT2D eigenvalue weighted by molar-refractivity contribution is -0.137. The van der Waals surface area contributed by atoms with Crippen molar-refractivity contribution in [1.29, 1.82) is 0 Å². The molecule has 1 aromatic heterocycles. The van der Waals surface area contributed by atoms with Crippen LogP contribution in [-0.2, 0) is 12.7 Å². The average Bonchev–Trinajstić information content (AvgIpc) is 3.17. The van der Waals surface area contributed by atoms with Crippen LogP contribution in [0.25, 0.3) is 21.8 Å². The summed E-state index contributed by atoms with van der Waals surface area (Å²) in [6.07, 6.45) is -4.51. The van der Waals surface area contributed by atoms with E-state index in [9.17, 15) is 22.8 Å². The van der Waals surface area contributed by atoms with Gasteiger partial charge in [-0.1, -0.05) is 66.7 Å². The predicted octanol–water partition coefficient (Wildman–Crippen LogP) is 6.19. The van der Waals surface area contributed by atoms with Crippen LogP contribution in [-0.4, -0.2) is 16.3 Å². The molecular weight excluding hydrogens is 453 g/mol. The number of carbonyl (C=O) groups excluding carboxylic acids is 2. The van der Waals surface area contributed by atoms with E-state index in [1.54, 1.807) is 71.3 Å². The van der Waals surface area contributed by atoms with E-state index in [1.807, 2.05) is 6.07 Å². The minimum absolute atomic E-state index is 0.116. The Morgan fingerprint density at radius 1 is 0.771 bits per heavy atom. The second-order valence-electron chi connectivity index (χ2n) is 8.27. The number of aromatic nitrogens is 1. The normalized spacial score (nSPS) is 11.7. The number of fused-ring (bicyclic) bond motifs is 3. The maximum absolute atomic E-state index is 13.5. The van der Waals surface area contributed by atoms with Gasteiger partial charge in [0.15, 0.2) is 5.78 Å². The highest BCUT2D eigenvalue weighted by Crippen LogP contribution is 2.37. The summed E-state index contributed by atoms with van der Waals surface area (Å²) in [6.45, 7) is 0.239. The van der Waals surface area contributed by atoms with Crippen LogP contribution < -0.4 is 5.73 Å². The highest BCUT2D eigenvalue weighted by Gasteiger charge is 2.31. The third-order valence-corrected chi connectivity index (χ3v) is 6.08. The van der Waals surface area contributed by atoms with E-state index >= 15 is 0 Å². The first-order valence-corrected chi connectivity index (χ1v) is 10.8. The topological polar surface area (TPSA) is 65.1 Å². The number of nitrogens with two attached hydrogens (primary N) is 1. The van der Waals surface area contributed by atoms with Crippen LogP contribution in [0.1, 0.15) is 37.4 Å². The zero-order valence-corrected chi connectivity index (χ0v) is 18.3. The first-order valence-electron chi connectivity index (χ1n) is 10.8. The monoisotopic (exact) mass is 472 g/mol. The maximum Gasteiger partial charge on any atom is 0.416 e. The Kier molecular flexibility index (Phi) is 5.40. The predicted molar refractivity (Wildman–Crippen MR) is 128 cm³/mol. The van der Waals surface area contributed by atoms with Gasteiger partial charge in [-0.2, -0.15) is 13.2 Å². The van der Waals surface area contributed by atoms with Gasteiger partial charge in [-0.25, -0.2) is 0 Å². The molecule has 0 aliphatic rings. The molecule has 5 rings (SSSR count). The van der Waals surface area contributed by atoms with Crippen LogP contribution in [0, 0.1) is 0 Å². The summed E-state index contributed by atoms with van der Waals surface area (Å²) >= 11 is 0. The van der Waals surface area contributed by atoms with Crippen LogP contribution in [0.3, 0.4) is 0 Å². The molecule has 2 N–H and O–H groups in total. The summed E-state index contributed by atoms with van der Waals surface area (Å²) in [6, 6.07) is 24.3. The summed E-state index contributed by atoms with van der Waals surface area (Å²) in [5.41, 5.74) is 7.84. The van der Waals surface area contributed by atoms with Crippen molar-refractivity contribution in [2.45, 2.75) is 12.7 Å². The van der Waals surface area contributed by atoms with Gasteiger partial charge in [0.2, 0.25) is 5.91 Å². The number of rotatable bonds is 5. The summed E-state index contributed by atoms with van der Waals surface area (Å²) in [5, 5.41) is 1.03. The molecule has 0 atom stereocenters. The fourth-order valence-electron chi connectivity index (χ4n) is 4.40. The van der Waals surface area contributed by atoms with Gasteiger partial charge in [0.05, 0.1) is 16.6 Å². The molecule has 0 unspecified atom stereocenters. The standard InChI is InChI=1S/C28H19F3N2O2/c29-28(30,31)20-13-14-21-24(15-20)33(23-8-4-7-22(25(21)23)27(32)35)16-17-9-11-19(12-10-17)26(34)18-5-2-1-3-6-18/h1-15H,16H2,(H2,32,35). The van der Waals surface area contributed by atoms with Crippen LogP contribution >= 0.6 is 0 Å². The van der Waals surface area contributed by atoms with Gasteiger partial charge in [0.1, 0.15) is 0 Å². The number of hydrogen-bond acceptors (Lipinski definition) is 2. The van der Waals surface area contributed by atoms with Gasteiger partial charge in [0.25, 0.3) is 0 Å². The van der Waals surface area contributed by atoms with E-state index in [1.165, 1.54) is 6.07 Å². The van der Waals surface area contributed by atoms with E-state index in [0.717, 1.165) is 17.7 Å². The third-order valence-electron chi connectivity index (χ3n) is 6.08. The molecule has 1 amide bonds. The average molecular weight is 472 g/mol. The van der Waals surface area contributed by atoms with Crippen molar-refractivity contribution in [3.63, 3.8) is 0 Å². The van der Waals surface area contributed by atoms with Gasteiger partial charge in [-0.05, 0) is 29.8 Å². The molecule has 1 heterocycles. The molecule has 0 bridgehead atoms. The van der Waals surface area contributed by atoms with Crippen molar-refractivity contribution >= 4 is 33.5 Å². The highest BCUT2D eigenvalue weighted by atomic mass is 19.4. The second-order valence-corrected chi connectivity index (χ2v) is 8.27. The highest BCUT2D eigenvalue weighted by molar-refractivity contribution is 6.18. The SMILES string of the molecule is NC(=O)c1cccc2c1c1ccc(C(F)(F)F)cc1n2Cc1ccc(C(=O)c2ccccc2)cc1. The Labute approximate surface area is 198 Å². The summed E-state index contributed by atoms with van der Waals surface area (Å²) in [7, 11) is 0. The molecule has 0 fully saturated rings. The van der Waals surface area contributed by atoms with Crippen molar-refractivity contribution in [2.75, 3.05) is 0 Å². The molecule has 0 aliphatic carbocycles. The van der Waals surface area contributed by atoms with Crippen LogP contribution in [0.4, 0.5) is 13.2 Å². The fourth-order valence-corrected chi connectivity index (χ4v) is 4.40. The minimum Gasteiger partial charge on any atom is -0.366 e. The van der Waals surface area contributed by atoms with E-state index < -0.39 is 17.6 Å². The first kappa shape index (κ1) is 22.4.